The number of nitrogens with one attached hydrogen (secondary N) is 3. The van der Waals surface area contributed by atoms with Crippen LogP contribution in [0.15, 0.2) is 30.6 Å². The molecule has 0 aromatic carbocycles. The molecule has 0 amide bonds. The smallest absolute Gasteiger partial charge is 0.350 e. The number of alkyl halides is 6. The number of hydrogen-bond donors (Lipinski definition) is 2. The van der Waals surface area contributed by atoms with Gasteiger partial charge in [0, 0.05) is 6.20 Å². The summed E-state index contributed by atoms with van der Waals surface area (Å²) in [5.41, 5.74) is -1.98. The normalized spacial score (nSPS) is 12.1. The molecule has 2 aromatic heterocycles. The highest BCUT2D eigenvalue weighted by molar-refractivity contribution is 5.40. The van der Waals surface area contributed by atoms with Crippen LogP contribution in [-0.2, 0) is 12.4 Å². The van der Waals surface area contributed by atoms with Crippen LogP contribution in [-0.4, -0.2) is 23.1 Å². The largest absolute Gasteiger partial charge is 0.433 e. The molecule has 0 spiro atoms. The van der Waals surface area contributed by atoms with Crippen LogP contribution in [0.5, 0.6) is 0 Å². The van der Waals surface area contributed by atoms with Crippen molar-refractivity contribution < 1.29 is 31.3 Å². The zero-order valence-corrected chi connectivity index (χ0v) is 12.0. The number of halogens is 6. The van der Waals surface area contributed by atoms with Crippen molar-refractivity contribution in [1.82, 2.24) is 9.97 Å². The number of H-pyrrole nitrogens is 1. The first-order chi connectivity index (χ1) is 11.2. The second-order valence-electron chi connectivity index (χ2n) is 4.57. The maximum atomic E-state index is 12.8. The number of rotatable bonds is 5. The molecule has 0 bridgehead atoms. The molecule has 0 aliphatic heterocycles. The molecule has 0 aliphatic rings. The standard InChI is InChI=1S/C13H11F6N5/c14-12(15,16)8-2-1-4-20-10(8)21-6-7-23-11-22-5-3-9(24-11)13(17,18)19/h1-5H,6-7H2,(H,20,21)(H,22,23,24)/p+1. The van der Waals surface area contributed by atoms with Crippen molar-refractivity contribution in [2.45, 2.75) is 12.4 Å². The van der Waals surface area contributed by atoms with E-state index in [-0.39, 0.29) is 24.9 Å². The van der Waals surface area contributed by atoms with Crippen molar-refractivity contribution in [1.29, 1.82) is 0 Å². The van der Waals surface area contributed by atoms with Gasteiger partial charge in [-0.1, -0.05) is 0 Å². The number of nitrogens with zero attached hydrogens (tertiary/aromatic N) is 2. The molecule has 130 valence electrons. The minimum atomic E-state index is -4.60. The molecule has 5 nitrogen and oxygen atoms in total. The summed E-state index contributed by atoms with van der Waals surface area (Å²) < 4.78 is 75.8. The van der Waals surface area contributed by atoms with Crippen molar-refractivity contribution in [3.05, 3.63) is 41.9 Å². The van der Waals surface area contributed by atoms with Gasteiger partial charge < -0.3 is 5.32 Å². The molecule has 3 N–H and O–H groups in total. The highest BCUT2D eigenvalue weighted by Crippen LogP contribution is 2.32. The SMILES string of the molecule is FC(F)(F)c1ccnc(NCCNc2[nH+]cccc2C(F)(F)F)n1. The molecule has 0 unspecified atom stereocenters. The lowest BCUT2D eigenvalue weighted by atomic mass is 10.2. The molecule has 2 aromatic rings. The van der Waals surface area contributed by atoms with Gasteiger partial charge in [0.05, 0.1) is 12.7 Å². The molecule has 0 saturated carbocycles. The van der Waals surface area contributed by atoms with Crippen molar-refractivity contribution in [2.75, 3.05) is 23.7 Å². The number of aromatic nitrogens is 3. The van der Waals surface area contributed by atoms with E-state index in [9.17, 15) is 26.3 Å². The van der Waals surface area contributed by atoms with Crippen LogP contribution in [0.1, 0.15) is 11.3 Å². The Morgan fingerprint density at radius 2 is 1.67 bits per heavy atom. The molecule has 11 heteroatoms. The minimum Gasteiger partial charge on any atom is -0.350 e. The van der Waals surface area contributed by atoms with Crippen molar-refractivity contribution in [3.63, 3.8) is 0 Å². The van der Waals surface area contributed by atoms with Crippen LogP contribution in [0.3, 0.4) is 0 Å². The van der Waals surface area contributed by atoms with Gasteiger partial charge in [-0.25, -0.2) is 15.0 Å². The Labute approximate surface area is 132 Å². The molecule has 2 heterocycles. The van der Waals surface area contributed by atoms with Crippen LogP contribution in [0, 0.1) is 0 Å². The van der Waals surface area contributed by atoms with E-state index < -0.39 is 23.6 Å². The van der Waals surface area contributed by atoms with Crippen molar-refractivity contribution in [2.24, 2.45) is 0 Å². The lowest BCUT2D eigenvalue weighted by molar-refractivity contribution is -0.364. The molecule has 2 rings (SSSR count). The Kier molecular flexibility index (Phi) is 5.10. The summed E-state index contributed by atoms with van der Waals surface area (Å²) in [5, 5.41) is 5.02. The first kappa shape index (κ1) is 17.8. The van der Waals surface area contributed by atoms with E-state index in [4.69, 9.17) is 0 Å². The monoisotopic (exact) mass is 352 g/mol. The van der Waals surface area contributed by atoms with E-state index in [2.05, 4.69) is 25.6 Å². The van der Waals surface area contributed by atoms with Gasteiger partial charge in [0.1, 0.15) is 17.8 Å². The molecule has 0 fully saturated rings. The Bertz CT molecular complexity index is 685. The second-order valence-corrected chi connectivity index (χ2v) is 4.57. The summed E-state index contributed by atoms with van der Waals surface area (Å²) >= 11 is 0. The van der Waals surface area contributed by atoms with Crippen LogP contribution < -0.4 is 15.6 Å². The van der Waals surface area contributed by atoms with E-state index >= 15 is 0 Å². The van der Waals surface area contributed by atoms with Crippen molar-refractivity contribution >= 4 is 11.8 Å². The molecule has 24 heavy (non-hydrogen) atoms. The highest BCUT2D eigenvalue weighted by atomic mass is 19.4. The number of hydrogen-bond acceptors (Lipinski definition) is 4. The molecule has 0 radical (unpaired) electrons. The maximum Gasteiger partial charge on any atom is 0.433 e. The van der Waals surface area contributed by atoms with E-state index in [1.165, 1.54) is 12.3 Å². The average Bonchev–Trinajstić information content (AvgIpc) is 2.50. The molecular weight excluding hydrogens is 340 g/mol. The van der Waals surface area contributed by atoms with Gasteiger partial charge in [-0.2, -0.15) is 26.3 Å². The van der Waals surface area contributed by atoms with E-state index in [1.807, 2.05) is 0 Å². The first-order valence-electron chi connectivity index (χ1n) is 6.64. The highest BCUT2D eigenvalue weighted by Gasteiger charge is 2.36. The van der Waals surface area contributed by atoms with Gasteiger partial charge >= 0.3 is 12.4 Å². The first-order valence-corrected chi connectivity index (χ1v) is 6.64. The average molecular weight is 352 g/mol. The lowest BCUT2D eigenvalue weighted by Gasteiger charge is -2.09. The van der Waals surface area contributed by atoms with Gasteiger partial charge in [-0.15, -0.1) is 0 Å². The fourth-order valence-electron chi connectivity index (χ4n) is 1.78. The lowest BCUT2D eigenvalue weighted by Crippen LogP contribution is -2.24. The molecule has 0 saturated heterocycles. The minimum absolute atomic E-state index is 0.00317. The molecular formula is C13H12F6N5+. The summed E-state index contributed by atoms with van der Waals surface area (Å²) in [6.07, 6.45) is -6.87. The molecule has 0 atom stereocenters. The third-order valence-electron chi connectivity index (χ3n) is 2.82. The van der Waals surface area contributed by atoms with Crippen LogP contribution >= 0.6 is 0 Å². The van der Waals surface area contributed by atoms with Gasteiger partial charge in [0.15, 0.2) is 0 Å². The quantitative estimate of drug-likeness (QED) is 0.642. The summed E-state index contributed by atoms with van der Waals surface area (Å²) in [6, 6.07) is 2.84. The molecule has 0 aliphatic carbocycles. The van der Waals surface area contributed by atoms with E-state index in [1.54, 1.807) is 0 Å². The van der Waals surface area contributed by atoms with Crippen LogP contribution in [0.2, 0.25) is 0 Å². The van der Waals surface area contributed by atoms with Gasteiger partial charge in [-0.05, 0) is 18.2 Å². The third-order valence-corrected chi connectivity index (χ3v) is 2.82. The number of aromatic amines is 1. The van der Waals surface area contributed by atoms with Crippen LogP contribution in [0.25, 0.3) is 0 Å². The van der Waals surface area contributed by atoms with Crippen LogP contribution in [0.4, 0.5) is 38.1 Å². The maximum absolute atomic E-state index is 12.8. The number of anilines is 2. The van der Waals surface area contributed by atoms with Crippen molar-refractivity contribution in [3.8, 4) is 0 Å². The van der Waals surface area contributed by atoms with Gasteiger partial charge in [0.2, 0.25) is 5.95 Å². The Morgan fingerprint density at radius 3 is 2.33 bits per heavy atom. The Hall–Kier alpha value is -2.59. The zero-order valence-electron chi connectivity index (χ0n) is 12.0. The number of pyridine rings is 1. The Balaban J connectivity index is 1.93. The van der Waals surface area contributed by atoms with Gasteiger partial charge in [0.25, 0.3) is 5.82 Å². The van der Waals surface area contributed by atoms with Gasteiger partial charge in [-0.3, -0.25) is 5.32 Å². The summed E-state index contributed by atoms with van der Waals surface area (Å²) in [7, 11) is 0. The summed E-state index contributed by atoms with van der Waals surface area (Å²) in [6.45, 7) is 0.0184. The summed E-state index contributed by atoms with van der Waals surface area (Å²) in [4.78, 5) is 9.33. The predicted octanol–water partition coefficient (Wildman–Crippen LogP) is 2.85. The third kappa shape index (κ3) is 4.70. The topological polar surface area (TPSA) is 64.0 Å². The van der Waals surface area contributed by atoms with E-state index in [0.717, 1.165) is 18.3 Å². The fourth-order valence-corrected chi connectivity index (χ4v) is 1.78. The second kappa shape index (κ2) is 6.89. The summed E-state index contributed by atoms with van der Waals surface area (Å²) in [5.74, 6) is -0.503. The van der Waals surface area contributed by atoms with E-state index in [0.29, 0.717) is 0 Å². The zero-order chi connectivity index (χ0) is 17.8. The fraction of sp³-hybridized carbons (Fsp3) is 0.308. The Morgan fingerprint density at radius 1 is 0.958 bits per heavy atom. The predicted molar refractivity (Wildman–Crippen MR) is 72.0 cm³/mol.